The van der Waals surface area contributed by atoms with Crippen LogP contribution in [0.4, 0.5) is 0 Å². The zero-order valence-corrected chi connectivity index (χ0v) is 15.1. The van der Waals surface area contributed by atoms with E-state index in [-0.39, 0.29) is 11.9 Å². The Morgan fingerprint density at radius 3 is 2.80 bits per heavy atom. The van der Waals surface area contributed by atoms with Crippen LogP contribution >= 0.6 is 11.3 Å². The second kappa shape index (κ2) is 7.01. The predicted molar refractivity (Wildman–Crippen MR) is 97.4 cm³/mol. The maximum absolute atomic E-state index is 10.8. The highest BCUT2D eigenvalue weighted by Crippen LogP contribution is 2.43. The molecule has 1 aliphatic heterocycles. The van der Waals surface area contributed by atoms with Gasteiger partial charge in [-0.15, -0.1) is 0 Å². The summed E-state index contributed by atoms with van der Waals surface area (Å²) < 4.78 is 7.40. The van der Waals surface area contributed by atoms with E-state index in [1.807, 2.05) is 25.1 Å². The van der Waals surface area contributed by atoms with Gasteiger partial charge in [0.05, 0.1) is 17.5 Å². The van der Waals surface area contributed by atoms with E-state index in [4.69, 9.17) is 4.74 Å². The van der Waals surface area contributed by atoms with Gasteiger partial charge in [-0.3, -0.25) is 4.90 Å². The molecule has 1 saturated heterocycles. The molecule has 0 amide bonds. The molecule has 0 bridgehead atoms. The maximum Gasteiger partial charge on any atom is 0.230 e. The van der Waals surface area contributed by atoms with Gasteiger partial charge in [0.2, 0.25) is 10.8 Å². The number of ether oxygens (including phenoxy) is 1. The fraction of sp³-hybridized carbons (Fsp3) is 0.444. The first-order valence-electron chi connectivity index (χ1n) is 8.76. The molecule has 7 heteroatoms. The number of thiazole rings is 1. The van der Waals surface area contributed by atoms with Crippen molar-refractivity contribution in [3.63, 3.8) is 0 Å². The topological polar surface area (TPSA) is 62.9 Å². The minimum atomic E-state index is -0.0449. The fourth-order valence-electron chi connectivity index (χ4n) is 3.55. The number of nitrogens with zero attached hydrogens (tertiary/aromatic N) is 4. The first-order valence-corrected chi connectivity index (χ1v) is 9.58. The lowest BCUT2D eigenvalue weighted by Gasteiger charge is -2.34. The van der Waals surface area contributed by atoms with Crippen LogP contribution in [0.5, 0.6) is 11.6 Å². The summed E-state index contributed by atoms with van der Waals surface area (Å²) in [6, 6.07) is 8.08. The fourth-order valence-corrected chi connectivity index (χ4v) is 4.63. The van der Waals surface area contributed by atoms with E-state index in [0.29, 0.717) is 11.6 Å². The van der Waals surface area contributed by atoms with Crippen molar-refractivity contribution in [2.24, 2.45) is 0 Å². The van der Waals surface area contributed by atoms with Crippen molar-refractivity contribution in [2.75, 3.05) is 19.7 Å². The Balaban J connectivity index is 1.84. The van der Waals surface area contributed by atoms with Gasteiger partial charge in [0, 0.05) is 5.56 Å². The van der Waals surface area contributed by atoms with Crippen molar-refractivity contribution in [3.8, 4) is 11.6 Å². The second-order valence-electron chi connectivity index (χ2n) is 6.21. The van der Waals surface area contributed by atoms with Crippen LogP contribution in [-0.4, -0.2) is 44.3 Å². The Labute approximate surface area is 150 Å². The smallest absolute Gasteiger partial charge is 0.230 e. The van der Waals surface area contributed by atoms with E-state index in [1.54, 1.807) is 0 Å². The van der Waals surface area contributed by atoms with Gasteiger partial charge in [-0.2, -0.15) is 9.61 Å². The number of benzene rings is 1. The Morgan fingerprint density at radius 1 is 1.24 bits per heavy atom. The number of hydrogen-bond acceptors (Lipinski definition) is 6. The molecule has 0 saturated carbocycles. The largest absolute Gasteiger partial charge is 0.494 e. The van der Waals surface area contributed by atoms with Crippen LogP contribution < -0.4 is 4.74 Å². The number of piperidine rings is 1. The zero-order chi connectivity index (χ0) is 17.2. The quantitative estimate of drug-likeness (QED) is 0.757. The van der Waals surface area contributed by atoms with Crippen molar-refractivity contribution in [1.29, 1.82) is 0 Å². The lowest BCUT2D eigenvalue weighted by atomic mass is 9.99. The molecule has 3 aromatic rings. The first kappa shape index (κ1) is 16.4. The predicted octanol–water partition coefficient (Wildman–Crippen LogP) is 3.47. The number of fused-ring (bicyclic) bond motifs is 1. The Kier molecular flexibility index (Phi) is 4.59. The highest BCUT2D eigenvalue weighted by Gasteiger charge is 2.31. The molecule has 0 radical (unpaired) electrons. The lowest BCUT2D eigenvalue weighted by molar-refractivity contribution is 0.183. The van der Waals surface area contributed by atoms with Crippen molar-refractivity contribution in [2.45, 2.75) is 32.2 Å². The lowest BCUT2D eigenvalue weighted by Crippen LogP contribution is -2.34. The third-order valence-electron chi connectivity index (χ3n) is 4.66. The summed E-state index contributed by atoms with van der Waals surface area (Å²) in [5, 5.41) is 14.9. The van der Waals surface area contributed by atoms with E-state index >= 15 is 0 Å². The van der Waals surface area contributed by atoms with Crippen LogP contribution in [0.25, 0.3) is 4.96 Å². The summed E-state index contributed by atoms with van der Waals surface area (Å²) >= 11 is 1.50. The van der Waals surface area contributed by atoms with E-state index in [2.05, 4.69) is 21.0 Å². The van der Waals surface area contributed by atoms with E-state index < -0.39 is 0 Å². The van der Waals surface area contributed by atoms with Crippen molar-refractivity contribution < 1.29 is 9.84 Å². The average Bonchev–Trinajstić information content (AvgIpc) is 3.22. The van der Waals surface area contributed by atoms with Gasteiger partial charge >= 0.3 is 0 Å². The van der Waals surface area contributed by atoms with E-state index in [9.17, 15) is 5.11 Å². The summed E-state index contributed by atoms with van der Waals surface area (Å²) in [6.45, 7) is 4.63. The molecular weight excluding hydrogens is 336 g/mol. The van der Waals surface area contributed by atoms with Gasteiger partial charge in [0.25, 0.3) is 0 Å². The number of likely N-dealkylation sites (tertiary alicyclic amines) is 1. The van der Waals surface area contributed by atoms with Crippen LogP contribution in [0.2, 0.25) is 0 Å². The van der Waals surface area contributed by atoms with Crippen molar-refractivity contribution >= 4 is 16.3 Å². The number of aromatic hydroxyl groups is 1. The number of rotatable bonds is 5. The SMILES string of the molecule is CCOc1ccccc1C(c1sc2ncnn2c1O)N1CCCCC1. The maximum atomic E-state index is 10.8. The monoisotopic (exact) mass is 358 g/mol. The Morgan fingerprint density at radius 2 is 2.04 bits per heavy atom. The second-order valence-corrected chi connectivity index (χ2v) is 7.22. The minimum absolute atomic E-state index is 0.0449. The first-order chi connectivity index (χ1) is 12.3. The minimum Gasteiger partial charge on any atom is -0.494 e. The highest BCUT2D eigenvalue weighted by atomic mass is 32.1. The van der Waals surface area contributed by atoms with E-state index in [0.717, 1.165) is 29.3 Å². The number of hydrogen-bond donors (Lipinski definition) is 1. The normalized spacial score (nSPS) is 17.0. The molecule has 2 aromatic heterocycles. The molecule has 1 fully saturated rings. The third-order valence-corrected chi connectivity index (χ3v) is 5.74. The summed E-state index contributed by atoms with van der Waals surface area (Å²) in [6.07, 6.45) is 5.08. The van der Waals surface area contributed by atoms with Crippen LogP contribution in [0.15, 0.2) is 30.6 Å². The number of aromatic nitrogens is 3. The molecule has 1 unspecified atom stereocenters. The molecule has 1 N–H and O–H groups in total. The molecule has 0 spiro atoms. The molecule has 4 rings (SSSR count). The van der Waals surface area contributed by atoms with Crippen molar-refractivity contribution in [1.82, 2.24) is 19.5 Å². The molecule has 6 nitrogen and oxygen atoms in total. The van der Waals surface area contributed by atoms with Gasteiger partial charge in [0.15, 0.2) is 0 Å². The third kappa shape index (κ3) is 2.98. The summed E-state index contributed by atoms with van der Waals surface area (Å²) in [5.74, 6) is 1.05. The van der Waals surface area contributed by atoms with Crippen molar-refractivity contribution in [3.05, 3.63) is 41.0 Å². The molecule has 1 aliphatic rings. The zero-order valence-electron chi connectivity index (χ0n) is 14.3. The Bertz CT molecular complexity index is 854. The van der Waals surface area contributed by atoms with E-state index in [1.165, 1.54) is 41.4 Å². The van der Waals surface area contributed by atoms with Gasteiger partial charge in [-0.05, 0) is 38.9 Å². The standard InChI is InChI=1S/C18H22N4O2S/c1-2-24-14-9-5-4-8-13(14)15(21-10-6-3-7-11-21)16-17(23)22-18(25-16)19-12-20-22/h4-5,8-9,12,15,23H,2-3,6-7,10-11H2,1H3. The van der Waals surface area contributed by atoms with Gasteiger partial charge in [-0.1, -0.05) is 36.0 Å². The molecule has 132 valence electrons. The Hall–Kier alpha value is -2.12. The molecule has 1 atom stereocenters. The molecular formula is C18H22N4O2S. The van der Waals surface area contributed by atoms with Gasteiger partial charge in [-0.25, -0.2) is 4.98 Å². The summed E-state index contributed by atoms with van der Waals surface area (Å²) in [7, 11) is 0. The average molecular weight is 358 g/mol. The highest BCUT2D eigenvalue weighted by molar-refractivity contribution is 7.17. The van der Waals surface area contributed by atoms with Crippen LogP contribution in [0.3, 0.4) is 0 Å². The van der Waals surface area contributed by atoms with Crippen LogP contribution in [-0.2, 0) is 0 Å². The summed E-state index contributed by atoms with van der Waals surface area (Å²) in [5.41, 5.74) is 1.09. The molecule has 25 heavy (non-hydrogen) atoms. The van der Waals surface area contributed by atoms with Crippen LogP contribution in [0.1, 0.15) is 42.7 Å². The van der Waals surface area contributed by atoms with Gasteiger partial charge < -0.3 is 9.84 Å². The number of para-hydroxylation sites is 1. The molecule has 3 heterocycles. The molecule has 0 aliphatic carbocycles. The van der Waals surface area contributed by atoms with Crippen LogP contribution in [0, 0.1) is 0 Å². The summed E-state index contributed by atoms with van der Waals surface area (Å²) in [4.78, 5) is 8.27. The van der Waals surface area contributed by atoms with Gasteiger partial charge in [0.1, 0.15) is 12.1 Å². The molecule has 1 aromatic carbocycles.